The van der Waals surface area contributed by atoms with Gasteiger partial charge in [0.2, 0.25) is 5.91 Å². The highest BCUT2D eigenvalue weighted by Crippen LogP contribution is 2.16. The van der Waals surface area contributed by atoms with E-state index in [1.807, 2.05) is 43.3 Å². The highest BCUT2D eigenvalue weighted by atomic mass is 16.2. The normalized spacial score (nSPS) is 11.5. The second kappa shape index (κ2) is 7.84. The molecule has 28 heavy (non-hydrogen) atoms. The van der Waals surface area contributed by atoms with Crippen molar-refractivity contribution in [3.8, 4) is 11.8 Å². The zero-order valence-corrected chi connectivity index (χ0v) is 15.9. The average molecular weight is 375 g/mol. The van der Waals surface area contributed by atoms with E-state index in [9.17, 15) is 9.59 Å². The smallest absolute Gasteiger partial charge is 0.295 e. The number of benzene rings is 2. The van der Waals surface area contributed by atoms with Crippen molar-refractivity contribution in [2.45, 2.75) is 19.9 Å². The number of aromatic nitrogens is 2. The van der Waals surface area contributed by atoms with Crippen LogP contribution < -0.4 is 16.2 Å². The van der Waals surface area contributed by atoms with Gasteiger partial charge >= 0.3 is 0 Å². The molecular weight excluding hydrogens is 354 g/mol. The molecule has 0 aliphatic rings. The van der Waals surface area contributed by atoms with Crippen LogP contribution >= 0.6 is 0 Å². The van der Waals surface area contributed by atoms with Crippen LogP contribution in [0, 0.1) is 18.3 Å². The van der Waals surface area contributed by atoms with Crippen molar-refractivity contribution >= 4 is 17.3 Å². The third-order valence-corrected chi connectivity index (χ3v) is 4.57. The molecule has 142 valence electrons. The first-order valence-corrected chi connectivity index (χ1v) is 8.84. The lowest BCUT2D eigenvalue weighted by Gasteiger charge is -2.14. The molecule has 0 aliphatic carbocycles. The van der Waals surface area contributed by atoms with E-state index in [2.05, 4.69) is 10.6 Å². The van der Waals surface area contributed by atoms with Crippen LogP contribution in [0.15, 0.2) is 59.4 Å². The molecule has 2 aromatic carbocycles. The zero-order chi connectivity index (χ0) is 20.3. The van der Waals surface area contributed by atoms with E-state index in [1.54, 1.807) is 47.6 Å². The summed E-state index contributed by atoms with van der Waals surface area (Å²) >= 11 is 0. The Morgan fingerprint density at radius 2 is 1.86 bits per heavy atom. The van der Waals surface area contributed by atoms with Crippen LogP contribution in [0.25, 0.3) is 5.69 Å². The lowest BCUT2D eigenvalue weighted by Crippen LogP contribution is -2.34. The predicted molar refractivity (Wildman–Crippen MR) is 109 cm³/mol. The number of rotatable bonds is 5. The highest BCUT2D eigenvalue weighted by Gasteiger charge is 2.20. The molecule has 7 heteroatoms. The minimum absolute atomic E-state index is 0.225. The van der Waals surface area contributed by atoms with Crippen LogP contribution in [-0.2, 0) is 11.8 Å². The maximum atomic E-state index is 12.9. The van der Waals surface area contributed by atoms with Crippen LogP contribution in [0.5, 0.6) is 0 Å². The van der Waals surface area contributed by atoms with Crippen LogP contribution in [-0.4, -0.2) is 21.3 Å². The highest BCUT2D eigenvalue weighted by molar-refractivity contribution is 5.96. The fourth-order valence-electron chi connectivity index (χ4n) is 2.93. The van der Waals surface area contributed by atoms with Gasteiger partial charge in [0.15, 0.2) is 0 Å². The van der Waals surface area contributed by atoms with Crippen molar-refractivity contribution < 1.29 is 4.79 Å². The standard InChI is InChI=1S/C21H21N5O2/c1-14(20(27)24-17-9-7-8-16(12-17)13-22)23-19-15(2)25(3)26(21(19)28)18-10-5-4-6-11-18/h4-12,14,23H,1-3H3,(H,24,27). The number of carbonyl (C=O) groups excluding carboxylic acids is 1. The molecule has 2 N–H and O–H groups in total. The van der Waals surface area contributed by atoms with Crippen LogP contribution in [0.2, 0.25) is 0 Å². The molecule has 0 saturated carbocycles. The molecule has 0 saturated heterocycles. The number of nitriles is 1. The first-order valence-electron chi connectivity index (χ1n) is 8.84. The number of amides is 1. The molecule has 1 atom stereocenters. The van der Waals surface area contributed by atoms with E-state index < -0.39 is 6.04 Å². The minimum Gasteiger partial charge on any atom is -0.368 e. The Labute approximate surface area is 162 Å². The molecule has 1 unspecified atom stereocenters. The summed E-state index contributed by atoms with van der Waals surface area (Å²) in [7, 11) is 1.80. The van der Waals surface area contributed by atoms with E-state index in [1.165, 1.54) is 0 Å². The topological polar surface area (TPSA) is 91.9 Å². The van der Waals surface area contributed by atoms with Crippen molar-refractivity contribution in [2.75, 3.05) is 10.6 Å². The van der Waals surface area contributed by atoms with Crippen molar-refractivity contribution in [1.29, 1.82) is 5.26 Å². The number of hydrogen-bond acceptors (Lipinski definition) is 4. The van der Waals surface area contributed by atoms with Gasteiger partial charge in [0.05, 0.1) is 23.0 Å². The summed E-state index contributed by atoms with van der Waals surface area (Å²) in [6, 6.07) is 17.4. The fourth-order valence-corrected chi connectivity index (χ4v) is 2.93. The molecule has 1 heterocycles. The number of nitrogens with one attached hydrogen (secondary N) is 2. The Morgan fingerprint density at radius 1 is 1.14 bits per heavy atom. The molecule has 0 radical (unpaired) electrons. The third kappa shape index (κ3) is 3.67. The molecule has 0 bridgehead atoms. The first kappa shape index (κ1) is 19.0. The van der Waals surface area contributed by atoms with E-state index in [4.69, 9.17) is 5.26 Å². The fraction of sp³-hybridized carbons (Fsp3) is 0.190. The molecule has 0 fully saturated rings. The summed E-state index contributed by atoms with van der Waals surface area (Å²) in [6.07, 6.45) is 0. The van der Waals surface area contributed by atoms with E-state index in [0.717, 1.165) is 11.4 Å². The largest absolute Gasteiger partial charge is 0.368 e. The lowest BCUT2D eigenvalue weighted by molar-refractivity contribution is -0.116. The maximum absolute atomic E-state index is 12.9. The Kier molecular flexibility index (Phi) is 5.32. The Morgan fingerprint density at radius 3 is 2.54 bits per heavy atom. The quantitative estimate of drug-likeness (QED) is 0.717. The molecule has 3 aromatic rings. The second-order valence-electron chi connectivity index (χ2n) is 6.48. The summed E-state index contributed by atoms with van der Waals surface area (Å²) in [5.41, 5.74) is 2.61. The third-order valence-electron chi connectivity index (χ3n) is 4.57. The zero-order valence-electron chi connectivity index (χ0n) is 15.9. The summed E-state index contributed by atoms with van der Waals surface area (Å²) in [5.74, 6) is -0.302. The first-order chi connectivity index (χ1) is 13.4. The van der Waals surface area contributed by atoms with Crippen LogP contribution in [0.1, 0.15) is 18.2 Å². The van der Waals surface area contributed by atoms with Crippen molar-refractivity contribution in [3.05, 3.63) is 76.2 Å². The summed E-state index contributed by atoms with van der Waals surface area (Å²) < 4.78 is 3.31. The van der Waals surface area contributed by atoms with Crippen molar-refractivity contribution in [3.63, 3.8) is 0 Å². The Balaban J connectivity index is 1.82. The Bertz CT molecular complexity index is 1110. The second-order valence-corrected chi connectivity index (χ2v) is 6.48. The van der Waals surface area contributed by atoms with Gasteiger partial charge in [0, 0.05) is 12.7 Å². The van der Waals surface area contributed by atoms with Crippen molar-refractivity contribution in [1.82, 2.24) is 9.36 Å². The van der Waals surface area contributed by atoms with E-state index in [-0.39, 0.29) is 11.5 Å². The van der Waals surface area contributed by atoms with Gasteiger partial charge in [-0.15, -0.1) is 0 Å². The molecule has 3 rings (SSSR count). The minimum atomic E-state index is -0.649. The molecular formula is C21H21N5O2. The van der Waals surface area contributed by atoms with Crippen LogP contribution in [0.3, 0.4) is 0 Å². The van der Waals surface area contributed by atoms with Crippen LogP contribution in [0.4, 0.5) is 11.4 Å². The molecule has 0 aliphatic heterocycles. The Hall–Kier alpha value is -3.79. The number of nitrogens with zero attached hydrogens (tertiary/aromatic N) is 3. The lowest BCUT2D eigenvalue weighted by atomic mass is 10.2. The summed E-state index contributed by atoms with van der Waals surface area (Å²) in [4.78, 5) is 25.5. The molecule has 1 amide bonds. The van der Waals surface area contributed by atoms with Crippen molar-refractivity contribution in [2.24, 2.45) is 7.05 Å². The van der Waals surface area contributed by atoms with Gasteiger partial charge in [0.1, 0.15) is 11.7 Å². The van der Waals surface area contributed by atoms with Gasteiger partial charge < -0.3 is 10.6 Å². The molecule has 0 spiro atoms. The van der Waals surface area contributed by atoms with Gasteiger partial charge in [-0.25, -0.2) is 4.68 Å². The SMILES string of the molecule is Cc1c(NC(C)C(=O)Nc2cccc(C#N)c2)c(=O)n(-c2ccccc2)n1C. The van der Waals surface area contributed by atoms with E-state index >= 15 is 0 Å². The van der Waals surface area contributed by atoms with Gasteiger partial charge in [-0.05, 0) is 44.2 Å². The number of anilines is 2. The number of carbonyl (C=O) groups is 1. The maximum Gasteiger partial charge on any atom is 0.295 e. The predicted octanol–water partition coefficient (Wildman–Crippen LogP) is 2.80. The van der Waals surface area contributed by atoms with Gasteiger partial charge in [-0.3, -0.25) is 14.3 Å². The molecule has 1 aromatic heterocycles. The monoisotopic (exact) mass is 375 g/mol. The van der Waals surface area contributed by atoms with Gasteiger partial charge in [-0.2, -0.15) is 5.26 Å². The average Bonchev–Trinajstić information content (AvgIpc) is 2.92. The van der Waals surface area contributed by atoms with E-state index in [0.29, 0.717) is 16.9 Å². The molecule has 7 nitrogen and oxygen atoms in total. The van der Waals surface area contributed by atoms with Gasteiger partial charge in [0.25, 0.3) is 5.56 Å². The number of hydrogen-bond donors (Lipinski definition) is 2. The number of para-hydroxylation sites is 1. The summed E-state index contributed by atoms with van der Waals surface area (Å²) in [6.45, 7) is 3.51. The van der Waals surface area contributed by atoms with Gasteiger partial charge in [-0.1, -0.05) is 24.3 Å². The summed E-state index contributed by atoms with van der Waals surface area (Å²) in [5, 5.41) is 14.8.